The Labute approximate surface area is 126 Å². The average Bonchev–Trinajstić information content (AvgIpc) is 2.44. The Morgan fingerprint density at radius 3 is 2.71 bits per heavy atom. The second-order valence-corrected chi connectivity index (χ2v) is 5.02. The highest BCUT2D eigenvalue weighted by Crippen LogP contribution is 2.32. The number of rotatable bonds is 5. The number of hydrogen-bond donors (Lipinski definition) is 1. The molecule has 0 aliphatic carbocycles. The molecular formula is C15H14ClFN2O2. The first-order valence-corrected chi connectivity index (χ1v) is 6.85. The molecule has 0 radical (unpaired) electrons. The third-order valence-electron chi connectivity index (χ3n) is 3.14. The van der Waals surface area contributed by atoms with Gasteiger partial charge in [0.05, 0.1) is 11.0 Å². The van der Waals surface area contributed by atoms with E-state index in [1.165, 1.54) is 30.3 Å². The second kappa shape index (κ2) is 6.54. The summed E-state index contributed by atoms with van der Waals surface area (Å²) in [5.41, 5.74) is 0.990. The summed E-state index contributed by atoms with van der Waals surface area (Å²) in [7, 11) is 0. The van der Waals surface area contributed by atoms with Gasteiger partial charge >= 0.3 is 0 Å². The van der Waals surface area contributed by atoms with Gasteiger partial charge in [-0.15, -0.1) is 0 Å². The lowest BCUT2D eigenvalue weighted by atomic mass is 10.0. The van der Waals surface area contributed by atoms with Gasteiger partial charge < -0.3 is 5.32 Å². The SMILES string of the molecule is CCC(Nc1cc(Cl)ccc1[N+](=O)[O-])c1cccc(F)c1. The van der Waals surface area contributed by atoms with Crippen LogP contribution in [0.15, 0.2) is 42.5 Å². The third kappa shape index (κ3) is 3.70. The summed E-state index contributed by atoms with van der Waals surface area (Å²) in [6, 6.07) is 10.2. The molecule has 1 atom stereocenters. The summed E-state index contributed by atoms with van der Waals surface area (Å²) < 4.78 is 13.3. The zero-order valence-electron chi connectivity index (χ0n) is 11.3. The maximum absolute atomic E-state index is 13.3. The van der Waals surface area contributed by atoms with Crippen LogP contribution >= 0.6 is 11.6 Å². The van der Waals surface area contributed by atoms with Crippen LogP contribution < -0.4 is 5.32 Å². The van der Waals surface area contributed by atoms with E-state index < -0.39 is 4.92 Å². The minimum absolute atomic E-state index is 0.0609. The molecule has 0 bridgehead atoms. The van der Waals surface area contributed by atoms with Gasteiger partial charge in [0.25, 0.3) is 5.69 Å². The molecule has 21 heavy (non-hydrogen) atoms. The monoisotopic (exact) mass is 308 g/mol. The van der Waals surface area contributed by atoms with Crippen molar-refractivity contribution < 1.29 is 9.31 Å². The highest BCUT2D eigenvalue weighted by atomic mass is 35.5. The standard InChI is InChI=1S/C15H14ClFN2O2/c1-2-13(10-4-3-5-12(17)8-10)18-14-9-11(16)6-7-15(14)19(20)21/h3-9,13,18H,2H2,1H3. The third-order valence-corrected chi connectivity index (χ3v) is 3.38. The van der Waals surface area contributed by atoms with Crippen molar-refractivity contribution in [3.63, 3.8) is 0 Å². The van der Waals surface area contributed by atoms with Gasteiger partial charge in [0.2, 0.25) is 0 Å². The van der Waals surface area contributed by atoms with Gasteiger partial charge in [-0.1, -0.05) is 30.7 Å². The zero-order valence-corrected chi connectivity index (χ0v) is 12.1. The molecule has 2 rings (SSSR count). The highest BCUT2D eigenvalue weighted by Gasteiger charge is 2.18. The van der Waals surface area contributed by atoms with Crippen LogP contribution in [0.3, 0.4) is 0 Å². The number of hydrogen-bond acceptors (Lipinski definition) is 3. The number of halogens is 2. The van der Waals surface area contributed by atoms with Crippen molar-refractivity contribution in [3.8, 4) is 0 Å². The number of anilines is 1. The van der Waals surface area contributed by atoms with E-state index >= 15 is 0 Å². The van der Waals surface area contributed by atoms with E-state index in [0.717, 1.165) is 5.56 Å². The molecule has 2 aromatic carbocycles. The van der Waals surface area contributed by atoms with Crippen LogP contribution in [-0.2, 0) is 0 Å². The van der Waals surface area contributed by atoms with Crippen LogP contribution in [0.4, 0.5) is 15.8 Å². The van der Waals surface area contributed by atoms with Crippen molar-refractivity contribution in [1.82, 2.24) is 0 Å². The van der Waals surface area contributed by atoms with E-state index in [0.29, 0.717) is 17.1 Å². The Bertz CT molecular complexity index is 664. The van der Waals surface area contributed by atoms with E-state index in [1.54, 1.807) is 12.1 Å². The summed E-state index contributed by atoms with van der Waals surface area (Å²) in [6.07, 6.45) is 0.646. The van der Waals surface area contributed by atoms with Crippen molar-refractivity contribution >= 4 is 23.0 Å². The molecule has 0 aliphatic rings. The lowest BCUT2D eigenvalue weighted by Crippen LogP contribution is -2.11. The molecule has 0 spiro atoms. The van der Waals surface area contributed by atoms with E-state index in [2.05, 4.69) is 5.32 Å². The summed E-state index contributed by atoms with van der Waals surface area (Å²) in [5.74, 6) is -0.339. The zero-order chi connectivity index (χ0) is 15.4. The number of nitro groups is 1. The van der Waals surface area contributed by atoms with Crippen LogP contribution in [0.25, 0.3) is 0 Å². The number of nitrogens with zero attached hydrogens (tertiary/aromatic N) is 1. The number of benzene rings is 2. The first-order valence-electron chi connectivity index (χ1n) is 6.47. The Morgan fingerprint density at radius 2 is 2.10 bits per heavy atom. The van der Waals surface area contributed by atoms with Gasteiger partial charge in [-0.3, -0.25) is 10.1 Å². The highest BCUT2D eigenvalue weighted by molar-refractivity contribution is 6.31. The van der Waals surface area contributed by atoms with Crippen LogP contribution in [0, 0.1) is 15.9 Å². The predicted octanol–water partition coefficient (Wildman–Crippen LogP) is 4.95. The fourth-order valence-electron chi connectivity index (χ4n) is 2.12. The van der Waals surface area contributed by atoms with Gasteiger partial charge in [0, 0.05) is 11.1 Å². The molecule has 0 aromatic heterocycles. The van der Waals surface area contributed by atoms with Crippen molar-refractivity contribution in [2.75, 3.05) is 5.32 Å². The van der Waals surface area contributed by atoms with E-state index in [-0.39, 0.29) is 17.5 Å². The van der Waals surface area contributed by atoms with Gasteiger partial charge in [-0.25, -0.2) is 4.39 Å². The molecule has 0 heterocycles. The molecule has 0 fully saturated rings. The first kappa shape index (κ1) is 15.3. The Balaban J connectivity index is 2.34. The summed E-state index contributed by atoms with van der Waals surface area (Å²) in [6.45, 7) is 1.92. The van der Waals surface area contributed by atoms with E-state index in [4.69, 9.17) is 11.6 Å². The Kier molecular flexibility index (Phi) is 4.75. The maximum Gasteiger partial charge on any atom is 0.292 e. The van der Waals surface area contributed by atoms with Crippen molar-refractivity contribution in [3.05, 3.63) is 69.0 Å². The van der Waals surface area contributed by atoms with Crippen molar-refractivity contribution in [2.45, 2.75) is 19.4 Å². The van der Waals surface area contributed by atoms with Crippen LogP contribution in [0.1, 0.15) is 24.9 Å². The fourth-order valence-corrected chi connectivity index (χ4v) is 2.29. The quantitative estimate of drug-likeness (QED) is 0.628. The maximum atomic E-state index is 13.3. The predicted molar refractivity (Wildman–Crippen MR) is 81.2 cm³/mol. The smallest absolute Gasteiger partial charge is 0.292 e. The number of nitro benzene ring substituents is 1. The molecule has 110 valence electrons. The second-order valence-electron chi connectivity index (χ2n) is 4.58. The molecule has 0 saturated carbocycles. The molecule has 0 saturated heterocycles. The minimum atomic E-state index is -0.475. The van der Waals surface area contributed by atoms with Gasteiger partial charge in [-0.05, 0) is 36.2 Å². The minimum Gasteiger partial charge on any atom is -0.373 e. The molecule has 2 aromatic rings. The van der Waals surface area contributed by atoms with Gasteiger partial charge in [-0.2, -0.15) is 0 Å². The Morgan fingerprint density at radius 1 is 1.33 bits per heavy atom. The molecule has 6 heteroatoms. The fraction of sp³-hybridized carbons (Fsp3) is 0.200. The van der Waals surface area contributed by atoms with Crippen molar-refractivity contribution in [2.24, 2.45) is 0 Å². The molecule has 1 N–H and O–H groups in total. The summed E-state index contributed by atoms with van der Waals surface area (Å²) in [5, 5.41) is 14.5. The molecule has 1 unspecified atom stereocenters. The summed E-state index contributed by atoms with van der Waals surface area (Å²) >= 11 is 5.90. The van der Waals surface area contributed by atoms with Gasteiger partial charge in [0.1, 0.15) is 11.5 Å². The molecule has 4 nitrogen and oxygen atoms in total. The first-order chi connectivity index (χ1) is 10.0. The average molecular weight is 309 g/mol. The van der Waals surface area contributed by atoms with Crippen LogP contribution in [0.5, 0.6) is 0 Å². The normalized spacial score (nSPS) is 12.0. The van der Waals surface area contributed by atoms with Gasteiger partial charge in [0.15, 0.2) is 0 Å². The lowest BCUT2D eigenvalue weighted by Gasteiger charge is -2.19. The van der Waals surface area contributed by atoms with E-state index in [1.807, 2.05) is 6.92 Å². The Hall–Kier alpha value is -2.14. The van der Waals surface area contributed by atoms with Crippen LogP contribution in [-0.4, -0.2) is 4.92 Å². The molecule has 0 aliphatic heterocycles. The van der Waals surface area contributed by atoms with E-state index in [9.17, 15) is 14.5 Å². The molecule has 0 amide bonds. The largest absolute Gasteiger partial charge is 0.373 e. The topological polar surface area (TPSA) is 55.2 Å². The van der Waals surface area contributed by atoms with Crippen LogP contribution in [0.2, 0.25) is 5.02 Å². The molecular weight excluding hydrogens is 295 g/mol. The van der Waals surface area contributed by atoms with Crippen molar-refractivity contribution in [1.29, 1.82) is 0 Å². The number of nitrogens with one attached hydrogen (secondary N) is 1. The lowest BCUT2D eigenvalue weighted by molar-refractivity contribution is -0.384. The summed E-state index contributed by atoms with van der Waals surface area (Å²) in [4.78, 5) is 10.6.